The van der Waals surface area contributed by atoms with Crippen LogP contribution in [0.15, 0.2) is 125 Å². The van der Waals surface area contributed by atoms with Crippen LogP contribution in [-0.4, -0.2) is 29.4 Å². The highest BCUT2D eigenvalue weighted by Gasteiger charge is 2.11. The molecule has 0 aliphatic heterocycles. The topological polar surface area (TPSA) is 37.6 Å². The second-order valence-electron chi connectivity index (χ2n) is 7.64. The molecule has 1 aromatic heterocycles. The largest absolute Gasteiger partial charge is 0.383 e. The van der Waals surface area contributed by atoms with Crippen molar-refractivity contribution in [2.24, 2.45) is 5.10 Å². The van der Waals surface area contributed by atoms with E-state index in [1.54, 1.807) is 6.07 Å². The fourth-order valence-corrected chi connectivity index (χ4v) is 3.40. The fourth-order valence-electron chi connectivity index (χ4n) is 3.40. The van der Waals surface area contributed by atoms with Crippen molar-refractivity contribution in [3.63, 3.8) is 0 Å². The van der Waals surface area contributed by atoms with Gasteiger partial charge in [-0.3, -0.25) is 4.79 Å². The molecule has 0 bridgehead atoms. The summed E-state index contributed by atoms with van der Waals surface area (Å²) in [6.45, 7) is 0. The molecule has 158 valence electrons. The van der Waals surface area contributed by atoms with Gasteiger partial charge in [-0.05, 0) is 23.3 Å². The lowest BCUT2D eigenvalue weighted by Gasteiger charge is -2.13. The van der Waals surface area contributed by atoms with E-state index in [2.05, 4.69) is 0 Å². The Morgan fingerprint density at radius 2 is 1.31 bits per heavy atom. The number of pyridine rings is 1. The van der Waals surface area contributed by atoms with Gasteiger partial charge in [0.1, 0.15) is 0 Å². The van der Waals surface area contributed by atoms with Crippen LogP contribution in [-0.2, 0) is 0 Å². The van der Waals surface area contributed by atoms with E-state index < -0.39 is 0 Å². The lowest BCUT2D eigenvalue weighted by molar-refractivity contribution is 0.564. The van der Waals surface area contributed by atoms with Gasteiger partial charge in [-0.1, -0.05) is 91.0 Å². The molecule has 0 N–H and O–H groups in total. The van der Waals surface area contributed by atoms with Crippen molar-refractivity contribution in [1.82, 2.24) is 9.58 Å². The predicted octanol–water partition coefficient (Wildman–Crippen LogP) is 5.51. The molecule has 0 radical (unpaired) electrons. The SMILES string of the molecule is CN(C)/C=C/C(=N\n1c(-c2ccccc2)cc(-c2ccccc2)cc1=O)c1ccccc1. The second kappa shape index (κ2) is 9.75. The first-order valence-corrected chi connectivity index (χ1v) is 10.5. The van der Waals surface area contributed by atoms with E-state index >= 15 is 0 Å². The third kappa shape index (κ3) is 4.93. The van der Waals surface area contributed by atoms with E-state index in [1.807, 2.05) is 128 Å². The molecule has 4 rings (SSSR count). The van der Waals surface area contributed by atoms with E-state index in [9.17, 15) is 4.79 Å². The maximum absolute atomic E-state index is 13.3. The average Bonchev–Trinajstić information content (AvgIpc) is 2.84. The molecule has 4 heteroatoms. The monoisotopic (exact) mass is 419 g/mol. The standard InChI is InChI=1S/C28H25N3O/c1-30(2)19-18-26(23-14-8-4-9-15-23)29-31-27(24-16-10-5-11-17-24)20-25(21-28(31)32)22-12-6-3-7-13-22/h3-21H,1-2H3/b19-18+,29-26+. The minimum Gasteiger partial charge on any atom is -0.383 e. The Bertz CT molecular complexity index is 1290. The van der Waals surface area contributed by atoms with Crippen molar-refractivity contribution in [1.29, 1.82) is 0 Å². The quantitative estimate of drug-likeness (QED) is 0.387. The number of nitrogens with zero attached hydrogens (tertiary/aromatic N) is 3. The third-order valence-corrected chi connectivity index (χ3v) is 4.99. The van der Waals surface area contributed by atoms with Crippen molar-refractivity contribution in [3.05, 3.63) is 131 Å². The summed E-state index contributed by atoms with van der Waals surface area (Å²) >= 11 is 0. The number of hydrogen-bond acceptors (Lipinski definition) is 3. The van der Waals surface area contributed by atoms with Crippen LogP contribution < -0.4 is 5.56 Å². The zero-order valence-electron chi connectivity index (χ0n) is 18.2. The van der Waals surface area contributed by atoms with Crippen LogP contribution in [0.5, 0.6) is 0 Å². The highest BCUT2D eigenvalue weighted by molar-refractivity contribution is 6.08. The Morgan fingerprint density at radius 1 is 0.750 bits per heavy atom. The molecule has 3 aromatic carbocycles. The van der Waals surface area contributed by atoms with Crippen molar-refractivity contribution in [2.45, 2.75) is 0 Å². The highest BCUT2D eigenvalue weighted by atomic mass is 16.1. The summed E-state index contributed by atoms with van der Waals surface area (Å²) < 4.78 is 1.49. The third-order valence-electron chi connectivity index (χ3n) is 4.99. The van der Waals surface area contributed by atoms with Crippen molar-refractivity contribution in [3.8, 4) is 22.4 Å². The maximum atomic E-state index is 13.3. The smallest absolute Gasteiger partial charge is 0.272 e. The zero-order valence-corrected chi connectivity index (χ0v) is 18.2. The van der Waals surface area contributed by atoms with Crippen LogP contribution in [0.4, 0.5) is 0 Å². The number of rotatable bonds is 6. The van der Waals surface area contributed by atoms with Crippen LogP contribution in [0.2, 0.25) is 0 Å². The van der Waals surface area contributed by atoms with Gasteiger partial charge in [0.25, 0.3) is 5.56 Å². The van der Waals surface area contributed by atoms with Crippen molar-refractivity contribution in [2.75, 3.05) is 14.1 Å². The first kappa shape index (κ1) is 21.1. The van der Waals surface area contributed by atoms with E-state index in [0.29, 0.717) is 5.71 Å². The highest BCUT2D eigenvalue weighted by Crippen LogP contribution is 2.25. The lowest BCUT2D eigenvalue weighted by atomic mass is 10.0. The summed E-state index contributed by atoms with van der Waals surface area (Å²) in [4.78, 5) is 15.3. The van der Waals surface area contributed by atoms with Gasteiger partial charge in [-0.2, -0.15) is 9.78 Å². The lowest BCUT2D eigenvalue weighted by Crippen LogP contribution is -2.19. The number of allylic oxidation sites excluding steroid dienone is 1. The molecule has 0 amide bonds. The van der Waals surface area contributed by atoms with Gasteiger partial charge in [-0.15, -0.1) is 0 Å². The number of aromatic nitrogens is 1. The van der Waals surface area contributed by atoms with Gasteiger partial charge in [0.15, 0.2) is 0 Å². The molecule has 32 heavy (non-hydrogen) atoms. The first-order valence-electron chi connectivity index (χ1n) is 10.5. The van der Waals surface area contributed by atoms with Crippen LogP contribution >= 0.6 is 0 Å². The number of hydrogen-bond donors (Lipinski definition) is 0. The van der Waals surface area contributed by atoms with Crippen LogP contribution in [0, 0.1) is 0 Å². The molecular weight excluding hydrogens is 394 g/mol. The summed E-state index contributed by atoms with van der Waals surface area (Å²) in [7, 11) is 3.91. The van der Waals surface area contributed by atoms with Crippen molar-refractivity contribution >= 4 is 5.71 Å². The molecule has 1 heterocycles. The van der Waals surface area contributed by atoms with E-state index in [0.717, 1.165) is 27.9 Å². The molecule has 0 atom stereocenters. The molecule has 0 saturated heterocycles. The zero-order chi connectivity index (χ0) is 22.3. The minimum atomic E-state index is -0.183. The van der Waals surface area contributed by atoms with E-state index in [1.165, 1.54) is 4.68 Å². The molecule has 0 aliphatic carbocycles. The molecule has 0 spiro atoms. The van der Waals surface area contributed by atoms with Crippen LogP contribution in [0.25, 0.3) is 22.4 Å². The number of benzene rings is 3. The van der Waals surface area contributed by atoms with Gasteiger partial charge >= 0.3 is 0 Å². The Hall–Kier alpha value is -4.18. The Morgan fingerprint density at radius 3 is 1.91 bits per heavy atom. The van der Waals surface area contributed by atoms with Gasteiger partial charge in [0.2, 0.25) is 0 Å². The van der Waals surface area contributed by atoms with Gasteiger partial charge in [-0.25, -0.2) is 0 Å². The summed E-state index contributed by atoms with van der Waals surface area (Å²) in [5, 5.41) is 4.82. The summed E-state index contributed by atoms with van der Waals surface area (Å²) in [5.41, 5.74) is 4.98. The molecule has 0 saturated carbocycles. The Labute approximate surface area is 188 Å². The fraction of sp³-hybridized carbons (Fsp3) is 0.0714. The molecule has 0 fully saturated rings. The molecule has 4 aromatic rings. The minimum absolute atomic E-state index is 0.183. The molecule has 0 unspecified atom stereocenters. The van der Waals surface area contributed by atoms with Crippen LogP contribution in [0.3, 0.4) is 0 Å². The second-order valence-corrected chi connectivity index (χ2v) is 7.64. The Balaban J connectivity index is 1.95. The van der Waals surface area contributed by atoms with Crippen molar-refractivity contribution < 1.29 is 0 Å². The molecular formula is C28H25N3O. The molecule has 4 nitrogen and oxygen atoms in total. The normalized spacial score (nSPS) is 11.6. The first-order chi connectivity index (χ1) is 15.6. The molecule has 0 aliphatic rings. The summed E-state index contributed by atoms with van der Waals surface area (Å²) in [5.74, 6) is 0. The van der Waals surface area contributed by atoms with Gasteiger partial charge < -0.3 is 4.90 Å². The maximum Gasteiger partial charge on any atom is 0.272 e. The predicted molar refractivity (Wildman–Crippen MR) is 133 cm³/mol. The Kier molecular flexibility index (Phi) is 6.42. The van der Waals surface area contributed by atoms with E-state index in [-0.39, 0.29) is 5.56 Å². The summed E-state index contributed by atoms with van der Waals surface area (Å²) in [6.07, 6.45) is 3.85. The van der Waals surface area contributed by atoms with E-state index in [4.69, 9.17) is 5.10 Å². The average molecular weight is 420 g/mol. The van der Waals surface area contributed by atoms with Gasteiger partial charge in [0.05, 0.1) is 11.4 Å². The van der Waals surface area contributed by atoms with Crippen LogP contribution in [0.1, 0.15) is 5.56 Å². The summed E-state index contributed by atoms with van der Waals surface area (Å²) in [6, 6.07) is 33.4. The van der Waals surface area contributed by atoms with Gasteiger partial charge in [0, 0.05) is 37.5 Å².